The van der Waals surface area contributed by atoms with Crippen LogP contribution in [0.15, 0.2) is 18.3 Å². The summed E-state index contributed by atoms with van der Waals surface area (Å²) in [4.78, 5) is 18.2. The Morgan fingerprint density at radius 3 is 2.57 bits per heavy atom. The Balaban J connectivity index is 1.63. The van der Waals surface area contributed by atoms with Crippen LogP contribution in [0.4, 0.5) is 5.69 Å². The van der Waals surface area contributed by atoms with Crippen molar-refractivity contribution < 1.29 is 13.2 Å². The Kier molecular flexibility index (Phi) is 4.57. The van der Waals surface area contributed by atoms with Crippen molar-refractivity contribution in [3.05, 3.63) is 24.0 Å². The summed E-state index contributed by atoms with van der Waals surface area (Å²) >= 11 is 0. The van der Waals surface area contributed by atoms with Crippen LogP contribution in [0.25, 0.3) is 0 Å². The first-order valence-corrected chi connectivity index (χ1v) is 9.97. The van der Waals surface area contributed by atoms with Crippen LogP contribution in [-0.4, -0.2) is 54.8 Å². The fraction of sp³-hybridized carbons (Fsp3) is 0.625. The van der Waals surface area contributed by atoms with Crippen LogP contribution in [0.1, 0.15) is 42.6 Å². The maximum Gasteiger partial charge on any atom is 0.272 e. The molecule has 2 fully saturated rings. The molecule has 7 heteroatoms. The second-order valence-electron chi connectivity index (χ2n) is 6.53. The van der Waals surface area contributed by atoms with Crippen molar-refractivity contribution >= 4 is 21.4 Å². The van der Waals surface area contributed by atoms with Crippen molar-refractivity contribution in [2.24, 2.45) is 0 Å². The summed E-state index contributed by atoms with van der Waals surface area (Å²) < 4.78 is 23.1. The lowest BCUT2D eigenvalue weighted by atomic mass is 10.2. The lowest BCUT2D eigenvalue weighted by Gasteiger charge is -2.23. The molecule has 6 nitrogen and oxygen atoms in total. The Morgan fingerprint density at radius 1 is 1.26 bits per heavy atom. The zero-order valence-electron chi connectivity index (χ0n) is 13.4. The SMILES string of the molecule is CN(C(=O)c1ccc(NC2CCCC2)cn1)C1CCS(=O)(=O)C1. The molecule has 23 heavy (non-hydrogen) atoms. The number of anilines is 1. The molecule has 1 aromatic rings. The first kappa shape index (κ1) is 16.2. The van der Waals surface area contributed by atoms with E-state index in [0.717, 1.165) is 5.69 Å². The van der Waals surface area contributed by atoms with Gasteiger partial charge in [0, 0.05) is 19.1 Å². The minimum absolute atomic E-state index is 0.0521. The quantitative estimate of drug-likeness (QED) is 0.904. The van der Waals surface area contributed by atoms with Crippen molar-refractivity contribution in [1.29, 1.82) is 0 Å². The number of carbonyl (C=O) groups is 1. The Bertz CT molecular complexity index is 666. The van der Waals surface area contributed by atoms with Gasteiger partial charge in [-0.15, -0.1) is 0 Å². The summed E-state index contributed by atoms with van der Waals surface area (Å²) in [6, 6.07) is 3.84. The van der Waals surface area contributed by atoms with Gasteiger partial charge in [0.15, 0.2) is 9.84 Å². The topological polar surface area (TPSA) is 79.4 Å². The number of hydrogen-bond donors (Lipinski definition) is 1. The molecule has 1 aliphatic carbocycles. The van der Waals surface area contributed by atoms with Crippen molar-refractivity contribution in [2.75, 3.05) is 23.9 Å². The van der Waals surface area contributed by atoms with E-state index < -0.39 is 9.84 Å². The van der Waals surface area contributed by atoms with Crippen molar-refractivity contribution in [3.8, 4) is 0 Å². The van der Waals surface area contributed by atoms with Gasteiger partial charge in [-0.3, -0.25) is 4.79 Å². The van der Waals surface area contributed by atoms with Gasteiger partial charge < -0.3 is 10.2 Å². The van der Waals surface area contributed by atoms with E-state index in [-0.39, 0.29) is 23.5 Å². The maximum absolute atomic E-state index is 12.4. The highest BCUT2D eigenvalue weighted by Gasteiger charge is 2.33. The molecule has 1 N–H and O–H groups in total. The zero-order chi connectivity index (χ0) is 16.4. The average molecular weight is 337 g/mol. The van der Waals surface area contributed by atoms with Gasteiger partial charge in [-0.1, -0.05) is 12.8 Å². The molecule has 1 amide bonds. The molecule has 3 rings (SSSR count). The van der Waals surface area contributed by atoms with Gasteiger partial charge in [-0.05, 0) is 31.4 Å². The number of amides is 1. The highest BCUT2D eigenvalue weighted by molar-refractivity contribution is 7.91. The van der Waals surface area contributed by atoms with Crippen molar-refractivity contribution in [2.45, 2.75) is 44.2 Å². The van der Waals surface area contributed by atoms with Crippen LogP contribution < -0.4 is 5.32 Å². The van der Waals surface area contributed by atoms with E-state index in [9.17, 15) is 13.2 Å². The molecule has 1 unspecified atom stereocenters. The van der Waals surface area contributed by atoms with Crippen LogP contribution >= 0.6 is 0 Å². The number of hydrogen-bond acceptors (Lipinski definition) is 5. The number of aromatic nitrogens is 1. The first-order chi connectivity index (χ1) is 10.9. The summed E-state index contributed by atoms with van der Waals surface area (Å²) in [5.41, 5.74) is 1.29. The lowest BCUT2D eigenvalue weighted by molar-refractivity contribution is 0.0742. The Hall–Kier alpha value is -1.63. The summed E-state index contributed by atoms with van der Waals surface area (Å²) in [6.07, 6.45) is 7.07. The molecule has 0 aromatic carbocycles. The molecular weight excluding hydrogens is 314 g/mol. The van der Waals surface area contributed by atoms with Crippen molar-refractivity contribution in [3.63, 3.8) is 0 Å². The number of nitrogens with zero attached hydrogens (tertiary/aromatic N) is 2. The number of carbonyl (C=O) groups excluding carboxylic acids is 1. The highest BCUT2D eigenvalue weighted by Crippen LogP contribution is 2.22. The Morgan fingerprint density at radius 2 is 2.00 bits per heavy atom. The summed E-state index contributed by atoms with van der Waals surface area (Å²) in [5, 5.41) is 3.44. The number of sulfone groups is 1. The van der Waals surface area contributed by atoms with Crippen molar-refractivity contribution in [1.82, 2.24) is 9.88 Å². The molecule has 1 aliphatic heterocycles. The van der Waals surface area contributed by atoms with E-state index in [2.05, 4.69) is 10.3 Å². The molecule has 1 aromatic heterocycles. The lowest BCUT2D eigenvalue weighted by Crippen LogP contribution is -2.38. The standard InChI is InChI=1S/C16H23N3O3S/c1-19(14-8-9-23(21,22)11-14)16(20)15-7-6-13(10-17-15)18-12-4-2-3-5-12/h6-7,10,12,14,18H,2-5,8-9,11H2,1H3. The third kappa shape index (κ3) is 3.83. The van der Waals surface area contributed by atoms with Gasteiger partial charge in [0.2, 0.25) is 0 Å². The molecule has 1 saturated heterocycles. The first-order valence-electron chi connectivity index (χ1n) is 8.15. The largest absolute Gasteiger partial charge is 0.381 e. The molecule has 0 bridgehead atoms. The number of rotatable bonds is 4. The highest BCUT2D eigenvalue weighted by atomic mass is 32.2. The van der Waals surface area contributed by atoms with E-state index in [1.807, 2.05) is 6.07 Å². The molecule has 0 radical (unpaired) electrons. The third-order valence-corrected chi connectivity index (χ3v) is 6.54. The average Bonchev–Trinajstić information content (AvgIpc) is 3.16. The predicted molar refractivity (Wildman–Crippen MR) is 89.3 cm³/mol. The smallest absolute Gasteiger partial charge is 0.272 e. The summed E-state index contributed by atoms with van der Waals surface area (Å²) in [5.74, 6) is -0.0108. The van der Waals surface area contributed by atoms with Crippen LogP contribution in [0.3, 0.4) is 0 Å². The normalized spacial score (nSPS) is 23.8. The minimum Gasteiger partial charge on any atom is -0.381 e. The second-order valence-corrected chi connectivity index (χ2v) is 8.76. The van der Waals surface area contributed by atoms with Crippen LogP contribution in [0.5, 0.6) is 0 Å². The fourth-order valence-electron chi connectivity index (χ4n) is 3.34. The fourth-order valence-corrected chi connectivity index (χ4v) is 5.11. The maximum atomic E-state index is 12.4. The van der Waals surface area contributed by atoms with E-state index in [4.69, 9.17) is 0 Å². The molecule has 1 atom stereocenters. The third-order valence-electron chi connectivity index (χ3n) is 4.79. The molecule has 1 saturated carbocycles. The molecule has 2 heterocycles. The molecule has 126 valence electrons. The zero-order valence-corrected chi connectivity index (χ0v) is 14.2. The Labute approximate surface area is 137 Å². The van der Waals surface area contributed by atoms with Gasteiger partial charge in [0.05, 0.1) is 23.4 Å². The van der Waals surface area contributed by atoms with Gasteiger partial charge in [0.25, 0.3) is 5.91 Å². The van der Waals surface area contributed by atoms with E-state index in [1.165, 1.54) is 30.6 Å². The summed E-state index contributed by atoms with van der Waals surface area (Å²) in [7, 11) is -1.35. The number of pyridine rings is 1. The molecule has 0 spiro atoms. The van der Waals surface area contributed by atoms with Gasteiger partial charge in [-0.25, -0.2) is 13.4 Å². The van der Waals surface area contributed by atoms with Crippen LogP contribution in [-0.2, 0) is 9.84 Å². The number of nitrogens with one attached hydrogen (secondary N) is 1. The van der Waals surface area contributed by atoms with E-state index in [0.29, 0.717) is 18.2 Å². The molecular formula is C16H23N3O3S. The van der Waals surface area contributed by atoms with Gasteiger partial charge in [0.1, 0.15) is 5.69 Å². The summed E-state index contributed by atoms with van der Waals surface area (Å²) in [6.45, 7) is 0. The van der Waals surface area contributed by atoms with Gasteiger partial charge in [-0.2, -0.15) is 0 Å². The predicted octanol–water partition coefficient (Wildman–Crippen LogP) is 1.70. The minimum atomic E-state index is -3.00. The monoisotopic (exact) mass is 337 g/mol. The van der Waals surface area contributed by atoms with Gasteiger partial charge >= 0.3 is 0 Å². The van der Waals surface area contributed by atoms with E-state index in [1.54, 1.807) is 19.3 Å². The van der Waals surface area contributed by atoms with E-state index >= 15 is 0 Å². The molecule has 2 aliphatic rings. The van der Waals surface area contributed by atoms with Crippen LogP contribution in [0, 0.1) is 0 Å². The van der Waals surface area contributed by atoms with Crippen LogP contribution in [0.2, 0.25) is 0 Å². The second kappa shape index (κ2) is 6.47.